The summed E-state index contributed by atoms with van der Waals surface area (Å²) in [7, 11) is -1.88. The number of methoxy groups -OCH3 is 1. The van der Waals surface area contributed by atoms with Gasteiger partial charge in [-0.25, -0.2) is 13.1 Å². The molecule has 0 aliphatic rings. The summed E-state index contributed by atoms with van der Waals surface area (Å²) in [5.74, 6) is 0. The second kappa shape index (κ2) is 6.91. The summed E-state index contributed by atoms with van der Waals surface area (Å²) in [6.07, 6.45) is 0. The van der Waals surface area contributed by atoms with E-state index in [0.717, 1.165) is 26.4 Å². The summed E-state index contributed by atoms with van der Waals surface area (Å²) in [5.41, 5.74) is 2.75. The Balaban J connectivity index is 2.24. The average Bonchev–Trinajstić information content (AvgIpc) is 2.72. The average molecular weight is 339 g/mol. The number of ether oxygens (including phenoxy) is 1. The molecule has 1 aromatic carbocycles. The van der Waals surface area contributed by atoms with Crippen LogP contribution in [0, 0.1) is 20.8 Å². The second-order valence-electron chi connectivity index (χ2n) is 5.19. The van der Waals surface area contributed by atoms with Crippen LogP contribution in [0.1, 0.15) is 26.4 Å². The second-order valence-corrected chi connectivity index (χ2v) is 8.33. The van der Waals surface area contributed by atoms with Gasteiger partial charge in [0.05, 0.1) is 11.5 Å². The highest BCUT2D eigenvalue weighted by atomic mass is 32.2. The zero-order chi connectivity index (χ0) is 16.3. The van der Waals surface area contributed by atoms with Crippen LogP contribution in [0.2, 0.25) is 0 Å². The predicted octanol–water partition coefficient (Wildman–Crippen LogP) is 3.30. The molecule has 6 heteroatoms. The van der Waals surface area contributed by atoms with Crippen molar-refractivity contribution in [2.75, 3.05) is 7.11 Å². The number of thiophene rings is 1. The van der Waals surface area contributed by atoms with E-state index >= 15 is 0 Å². The molecule has 22 heavy (non-hydrogen) atoms. The summed E-state index contributed by atoms with van der Waals surface area (Å²) in [6.45, 7) is 6.37. The molecule has 0 saturated carbocycles. The van der Waals surface area contributed by atoms with Crippen molar-refractivity contribution in [2.24, 2.45) is 0 Å². The lowest BCUT2D eigenvalue weighted by atomic mass is 10.1. The monoisotopic (exact) mass is 339 g/mol. The Morgan fingerprint density at radius 3 is 2.27 bits per heavy atom. The molecule has 4 nitrogen and oxygen atoms in total. The van der Waals surface area contributed by atoms with Gasteiger partial charge >= 0.3 is 0 Å². The molecular weight excluding hydrogens is 318 g/mol. The highest BCUT2D eigenvalue weighted by molar-refractivity contribution is 7.89. The lowest BCUT2D eigenvalue weighted by Gasteiger charge is -2.11. The highest BCUT2D eigenvalue weighted by Gasteiger charge is 2.22. The Morgan fingerprint density at radius 1 is 1.09 bits per heavy atom. The lowest BCUT2D eigenvalue weighted by Crippen LogP contribution is -2.24. The fourth-order valence-corrected chi connectivity index (χ4v) is 5.34. The molecule has 0 saturated heterocycles. The van der Waals surface area contributed by atoms with Crippen LogP contribution in [0.4, 0.5) is 0 Å². The zero-order valence-corrected chi connectivity index (χ0v) is 14.9. The Morgan fingerprint density at radius 2 is 1.73 bits per heavy atom. The van der Waals surface area contributed by atoms with Crippen LogP contribution < -0.4 is 4.72 Å². The van der Waals surface area contributed by atoms with Gasteiger partial charge in [-0.1, -0.05) is 24.3 Å². The quantitative estimate of drug-likeness (QED) is 0.878. The summed E-state index contributed by atoms with van der Waals surface area (Å²) in [5, 5.41) is 0. The zero-order valence-electron chi connectivity index (χ0n) is 13.3. The number of rotatable bonds is 6. The third-order valence-electron chi connectivity index (χ3n) is 3.63. The van der Waals surface area contributed by atoms with Crippen molar-refractivity contribution in [3.63, 3.8) is 0 Å². The molecule has 0 bridgehead atoms. The molecule has 1 aromatic heterocycles. The van der Waals surface area contributed by atoms with Gasteiger partial charge in [-0.3, -0.25) is 0 Å². The molecule has 0 amide bonds. The largest absolute Gasteiger partial charge is 0.380 e. The number of benzene rings is 1. The minimum absolute atomic E-state index is 0.260. The number of sulfonamides is 1. The summed E-state index contributed by atoms with van der Waals surface area (Å²) >= 11 is 1.52. The molecule has 2 rings (SSSR count). The first-order valence-electron chi connectivity index (χ1n) is 6.98. The van der Waals surface area contributed by atoms with Gasteiger partial charge in [-0.15, -0.1) is 11.3 Å². The number of nitrogens with one attached hydrogen (secondary N) is 1. The molecule has 0 fully saturated rings. The minimum atomic E-state index is -3.51. The SMILES string of the molecule is COCc1ccccc1CNS(=O)(=O)c1c(C)sc(C)c1C. The van der Waals surface area contributed by atoms with Gasteiger partial charge in [0.2, 0.25) is 10.0 Å². The van der Waals surface area contributed by atoms with Crippen molar-refractivity contribution in [1.82, 2.24) is 4.72 Å². The Bertz CT molecular complexity index is 764. The van der Waals surface area contributed by atoms with Gasteiger partial charge < -0.3 is 4.74 Å². The van der Waals surface area contributed by atoms with Crippen molar-refractivity contribution in [3.05, 3.63) is 50.7 Å². The Kier molecular flexibility index (Phi) is 5.39. The van der Waals surface area contributed by atoms with Crippen LogP contribution in [0.5, 0.6) is 0 Å². The van der Waals surface area contributed by atoms with Crippen LogP contribution in [-0.2, 0) is 27.9 Å². The topological polar surface area (TPSA) is 55.4 Å². The van der Waals surface area contributed by atoms with E-state index in [2.05, 4.69) is 4.72 Å². The minimum Gasteiger partial charge on any atom is -0.380 e. The Labute approximate surface area is 136 Å². The first-order valence-corrected chi connectivity index (χ1v) is 9.28. The number of aryl methyl sites for hydroxylation is 2. The molecule has 2 aromatic rings. The van der Waals surface area contributed by atoms with Crippen LogP contribution in [0.25, 0.3) is 0 Å². The maximum Gasteiger partial charge on any atom is 0.242 e. The van der Waals surface area contributed by atoms with E-state index in [-0.39, 0.29) is 6.54 Å². The van der Waals surface area contributed by atoms with Crippen molar-refractivity contribution in [2.45, 2.75) is 38.8 Å². The molecule has 1 heterocycles. The van der Waals surface area contributed by atoms with Crippen molar-refractivity contribution in [3.8, 4) is 0 Å². The molecule has 1 N–H and O–H groups in total. The normalized spacial score (nSPS) is 11.8. The van der Waals surface area contributed by atoms with Gasteiger partial charge in [-0.2, -0.15) is 0 Å². The van der Waals surface area contributed by atoms with E-state index in [0.29, 0.717) is 11.5 Å². The van der Waals surface area contributed by atoms with E-state index in [1.165, 1.54) is 11.3 Å². The summed E-state index contributed by atoms with van der Waals surface area (Å²) in [6, 6.07) is 7.67. The molecule has 0 atom stereocenters. The van der Waals surface area contributed by atoms with Crippen molar-refractivity contribution < 1.29 is 13.2 Å². The third-order valence-corrected chi connectivity index (χ3v) is 6.56. The van der Waals surface area contributed by atoms with Crippen molar-refractivity contribution >= 4 is 21.4 Å². The maximum atomic E-state index is 12.6. The van der Waals surface area contributed by atoms with E-state index < -0.39 is 10.0 Å². The smallest absolute Gasteiger partial charge is 0.242 e. The van der Waals surface area contributed by atoms with Crippen molar-refractivity contribution in [1.29, 1.82) is 0 Å². The fraction of sp³-hybridized carbons (Fsp3) is 0.375. The van der Waals surface area contributed by atoms with Gasteiger partial charge in [0.1, 0.15) is 0 Å². The van der Waals surface area contributed by atoms with Crippen LogP contribution >= 0.6 is 11.3 Å². The van der Waals surface area contributed by atoms with E-state index in [9.17, 15) is 8.42 Å². The standard InChI is InChI=1S/C16H21NO3S2/c1-11-12(2)21-13(3)16(11)22(18,19)17-9-14-7-5-6-8-15(14)10-20-4/h5-8,17H,9-10H2,1-4H3. The molecule has 0 spiro atoms. The molecule has 0 radical (unpaired) electrons. The molecular formula is C16H21NO3S2. The van der Waals surface area contributed by atoms with Gasteiger partial charge in [0, 0.05) is 23.4 Å². The number of hydrogen-bond acceptors (Lipinski definition) is 4. The van der Waals surface area contributed by atoms with Gasteiger partial charge in [0.15, 0.2) is 0 Å². The first kappa shape index (κ1) is 17.1. The van der Waals surface area contributed by atoms with Crippen LogP contribution in [0.3, 0.4) is 0 Å². The fourth-order valence-electron chi connectivity index (χ4n) is 2.44. The lowest BCUT2D eigenvalue weighted by molar-refractivity contribution is 0.184. The van der Waals surface area contributed by atoms with E-state index in [1.54, 1.807) is 7.11 Å². The van der Waals surface area contributed by atoms with Gasteiger partial charge in [-0.05, 0) is 37.5 Å². The molecule has 0 aliphatic carbocycles. The van der Waals surface area contributed by atoms with Crippen LogP contribution in [0.15, 0.2) is 29.2 Å². The van der Waals surface area contributed by atoms with Crippen LogP contribution in [-0.4, -0.2) is 15.5 Å². The predicted molar refractivity (Wildman–Crippen MR) is 89.7 cm³/mol. The number of hydrogen-bond donors (Lipinski definition) is 1. The highest BCUT2D eigenvalue weighted by Crippen LogP contribution is 2.30. The molecule has 0 unspecified atom stereocenters. The Hall–Kier alpha value is -1.21. The first-order chi connectivity index (χ1) is 10.4. The van der Waals surface area contributed by atoms with E-state index in [4.69, 9.17) is 4.74 Å². The summed E-state index contributed by atoms with van der Waals surface area (Å²) in [4.78, 5) is 2.28. The summed E-state index contributed by atoms with van der Waals surface area (Å²) < 4.78 is 33.0. The third kappa shape index (κ3) is 3.57. The van der Waals surface area contributed by atoms with Gasteiger partial charge in [0.25, 0.3) is 0 Å². The molecule has 120 valence electrons. The van der Waals surface area contributed by atoms with E-state index in [1.807, 2.05) is 45.0 Å². The maximum absolute atomic E-state index is 12.6. The molecule has 0 aliphatic heterocycles.